The number of hydrogen-bond donors (Lipinski definition) is 0. The molecule has 0 rings (SSSR count). The fourth-order valence-corrected chi connectivity index (χ4v) is 0.957. The SMILES string of the molecule is CCN(CC)CCOC(C)C.Cl. The normalized spacial score (nSPS) is 10.5. The fraction of sp³-hybridized carbons (Fsp3) is 1.00. The molecule has 0 aromatic carbocycles. The van der Waals surface area contributed by atoms with Crippen molar-refractivity contribution < 1.29 is 4.74 Å². The second-order valence-corrected chi connectivity index (χ2v) is 2.95. The quantitative estimate of drug-likeness (QED) is 0.644. The summed E-state index contributed by atoms with van der Waals surface area (Å²) in [6, 6.07) is 0. The summed E-state index contributed by atoms with van der Waals surface area (Å²) >= 11 is 0. The van der Waals surface area contributed by atoms with Gasteiger partial charge in [0, 0.05) is 6.54 Å². The molecule has 3 heteroatoms. The number of likely N-dealkylation sites (N-methyl/N-ethyl adjacent to an activating group) is 1. The van der Waals surface area contributed by atoms with E-state index in [4.69, 9.17) is 4.74 Å². The summed E-state index contributed by atoms with van der Waals surface area (Å²) in [4.78, 5) is 2.36. The Labute approximate surface area is 82.7 Å². The van der Waals surface area contributed by atoms with Crippen LogP contribution in [0.1, 0.15) is 27.7 Å². The van der Waals surface area contributed by atoms with Crippen molar-refractivity contribution in [2.45, 2.75) is 33.8 Å². The van der Waals surface area contributed by atoms with Gasteiger partial charge < -0.3 is 9.64 Å². The molecule has 0 N–H and O–H groups in total. The minimum Gasteiger partial charge on any atom is -0.377 e. The lowest BCUT2D eigenvalue weighted by Gasteiger charge is -2.18. The summed E-state index contributed by atoms with van der Waals surface area (Å²) in [6.45, 7) is 12.7. The van der Waals surface area contributed by atoms with E-state index in [2.05, 4.69) is 32.6 Å². The molecule has 0 atom stereocenters. The Kier molecular flexibility index (Phi) is 11.4. The molecule has 0 aliphatic carbocycles. The molecule has 0 unspecified atom stereocenters. The van der Waals surface area contributed by atoms with E-state index in [-0.39, 0.29) is 12.4 Å². The summed E-state index contributed by atoms with van der Waals surface area (Å²) in [5.74, 6) is 0. The van der Waals surface area contributed by atoms with E-state index >= 15 is 0 Å². The zero-order valence-electron chi connectivity index (χ0n) is 8.67. The summed E-state index contributed by atoms with van der Waals surface area (Å²) in [5.41, 5.74) is 0. The van der Waals surface area contributed by atoms with Crippen molar-refractivity contribution >= 4 is 12.4 Å². The molecule has 76 valence electrons. The zero-order valence-corrected chi connectivity index (χ0v) is 9.49. The predicted octanol–water partition coefficient (Wildman–Crippen LogP) is 2.18. The van der Waals surface area contributed by atoms with E-state index < -0.39 is 0 Å². The van der Waals surface area contributed by atoms with Crippen LogP contribution in [0.3, 0.4) is 0 Å². The van der Waals surface area contributed by atoms with Crippen LogP contribution in [0.25, 0.3) is 0 Å². The van der Waals surface area contributed by atoms with Crippen molar-refractivity contribution in [2.75, 3.05) is 26.2 Å². The Bertz CT molecular complexity index is 84.6. The van der Waals surface area contributed by atoms with Crippen molar-refractivity contribution in [3.05, 3.63) is 0 Å². The monoisotopic (exact) mass is 195 g/mol. The summed E-state index contributed by atoms with van der Waals surface area (Å²) in [7, 11) is 0. The smallest absolute Gasteiger partial charge is 0.0596 e. The molecule has 0 bridgehead atoms. The Morgan fingerprint density at radius 1 is 1.17 bits per heavy atom. The van der Waals surface area contributed by atoms with Gasteiger partial charge in [0.15, 0.2) is 0 Å². The number of halogens is 1. The molecule has 0 aromatic heterocycles. The van der Waals surface area contributed by atoms with Gasteiger partial charge in [-0.05, 0) is 26.9 Å². The summed E-state index contributed by atoms with van der Waals surface area (Å²) in [6.07, 6.45) is 0.366. The highest BCUT2D eigenvalue weighted by atomic mass is 35.5. The Morgan fingerprint density at radius 3 is 2.00 bits per heavy atom. The molecule has 0 radical (unpaired) electrons. The first-order chi connectivity index (χ1) is 5.20. The van der Waals surface area contributed by atoms with Gasteiger partial charge in [-0.25, -0.2) is 0 Å². The third-order valence-electron chi connectivity index (χ3n) is 1.75. The van der Waals surface area contributed by atoms with Gasteiger partial charge >= 0.3 is 0 Å². The standard InChI is InChI=1S/C9H21NO.ClH/c1-5-10(6-2)7-8-11-9(3)4;/h9H,5-8H2,1-4H3;1H. The van der Waals surface area contributed by atoms with Crippen LogP contribution in [0.2, 0.25) is 0 Å². The lowest BCUT2D eigenvalue weighted by molar-refractivity contribution is 0.0610. The van der Waals surface area contributed by atoms with Crippen LogP contribution < -0.4 is 0 Å². The Morgan fingerprint density at radius 2 is 1.67 bits per heavy atom. The molecule has 0 aromatic rings. The highest BCUT2D eigenvalue weighted by Gasteiger charge is 1.98. The molecular formula is C9H22ClNO. The molecule has 0 saturated carbocycles. The molecule has 0 aliphatic heterocycles. The Balaban J connectivity index is 0. The average molecular weight is 196 g/mol. The molecule has 0 aliphatic rings. The van der Waals surface area contributed by atoms with E-state index in [1.165, 1.54) is 0 Å². The van der Waals surface area contributed by atoms with Crippen LogP contribution in [-0.2, 0) is 4.74 Å². The molecule has 0 heterocycles. The van der Waals surface area contributed by atoms with Crippen LogP contribution in [0.15, 0.2) is 0 Å². The maximum atomic E-state index is 5.43. The molecule has 0 spiro atoms. The second-order valence-electron chi connectivity index (χ2n) is 2.95. The van der Waals surface area contributed by atoms with Crippen LogP contribution in [0.4, 0.5) is 0 Å². The largest absolute Gasteiger partial charge is 0.377 e. The lowest BCUT2D eigenvalue weighted by Crippen LogP contribution is -2.27. The molecule has 0 fully saturated rings. The van der Waals surface area contributed by atoms with Gasteiger partial charge in [-0.15, -0.1) is 12.4 Å². The van der Waals surface area contributed by atoms with E-state index in [0.717, 1.165) is 26.2 Å². The number of rotatable bonds is 6. The number of hydrogen-bond acceptors (Lipinski definition) is 2. The number of nitrogens with zero attached hydrogens (tertiary/aromatic N) is 1. The van der Waals surface area contributed by atoms with Crippen molar-refractivity contribution in [3.63, 3.8) is 0 Å². The van der Waals surface area contributed by atoms with Gasteiger partial charge in [0.2, 0.25) is 0 Å². The lowest BCUT2D eigenvalue weighted by atomic mass is 10.4. The minimum absolute atomic E-state index is 0. The second kappa shape index (κ2) is 9.30. The number of ether oxygens (including phenoxy) is 1. The third-order valence-corrected chi connectivity index (χ3v) is 1.75. The van der Waals surface area contributed by atoms with Crippen LogP contribution >= 0.6 is 12.4 Å². The van der Waals surface area contributed by atoms with Crippen LogP contribution in [0.5, 0.6) is 0 Å². The van der Waals surface area contributed by atoms with E-state index in [9.17, 15) is 0 Å². The molecule has 0 amide bonds. The van der Waals surface area contributed by atoms with Gasteiger partial charge in [0.1, 0.15) is 0 Å². The van der Waals surface area contributed by atoms with Gasteiger partial charge in [-0.3, -0.25) is 0 Å². The van der Waals surface area contributed by atoms with Crippen molar-refractivity contribution in [1.29, 1.82) is 0 Å². The molecule has 2 nitrogen and oxygen atoms in total. The maximum absolute atomic E-state index is 5.43. The third kappa shape index (κ3) is 8.31. The van der Waals surface area contributed by atoms with E-state index in [1.54, 1.807) is 0 Å². The first kappa shape index (κ1) is 14.7. The van der Waals surface area contributed by atoms with Crippen molar-refractivity contribution in [2.24, 2.45) is 0 Å². The van der Waals surface area contributed by atoms with Crippen molar-refractivity contribution in [1.82, 2.24) is 4.90 Å². The van der Waals surface area contributed by atoms with E-state index in [0.29, 0.717) is 6.10 Å². The van der Waals surface area contributed by atoms with Crippen LogP contribution in [-0.4, -0.2) is 37.2 Å². The molecule has 0 saturated heterocycles. The van der Waals surface area contributed by atoms with Gasteiger partial charge in [-0.1, -0.05) is 13.8 Å². The average Bonchev–Trinajstić information content (AvgIpc) is 1.98. The highest BCUT2D eigenvalue weighted by molar-refractivity contribution is 5.85. The van der Waals surface area contributed by atoms with E-state index in [1.807, 2.05) is 0 Å². The first-order valence-electron chi connectivity index (χ1n) is 4.54. The maximum Gasteiger partial charge on any atom is 0.0596 e. The zero-order chi connectivity index (χ0) is 8.69. The topological polar surface area (TPSA) is 12.5 Å². The van der Waals surface area contributed by atoms with Gasteiger partial charge in [-0.2, -0.15) is 0 Å². The van der Waals surface area contributed by atoms with Gasteiger partial charge in [0.05, 0.1) is 12.7 Å². The first-order valence-corrected chi connectivity index (χ1v) is 4.54. The fourth-order valence-electron chi connectivity index (χ4n) is 0.957. The summed E-state index contributed by atoms with van der Waals surface area (Å²) < 4.78 is 5.43. The molecule has 12 heavy (non-hydrogen) atoms. The van der Waals surface area contributed by atoms with Crippen molar-refractivity contribution in [3.8, 4) is 0 Å². The Hall–Kier alpha value is 0.210. The highest BCUT2D eigenvalue weighted by Crippen LogP contribution is 1.90. The summed E-state index contributed by atoms with van der Waals surface area (Å²) in [5, 5.41) is 0. The minimum atomic E-state index is 0. The molecular weight excluding hydrogens is 174 g/mol. The van der Waals surface area contributed by atoms with Gasteiger partial charge in [0.25, 0.3) is 0 Å². The predicted molar refractivity (Wildman–Crippen MR) is 56.1 cm³/mol. The van der Waals surface area contributed by atoms with Crippen LogP contribution in [0, 0.1) is 0 Å².